The number of hydroxylamine groups is 2. The van der Waals surface area contributed by atoms with Crippen molar-refractivity contribution in [2.75, 3.05) is 20.2 Å². The number of rotatable bonds is 16. The third kappa shape index (κ3) is 14.4. The van der Waals surface area contributed by atoms with Crippen molar-refractivity contribution in [1.29, 1.82) is 0 Å². The monoisotopic (exact) mass is 787 g/mol. The number of piperidine rings is 1. The molecule has 4 amide bonds. The molecule has 0 bridgehead atoms. The van der Waals surface area contributed by atoms with E-state index in [0.29, 0.717) is 51.5 Å². The molecular weight excluding hydrogens is 718 g/mol. The lowest BCUT2D eigenvalue weighted by Crippen LogP contribution is -2.60. The van der Waals surface area contributed by atoms with E-state index in [1.807, 2.05) is 70.2 Å². The van der Waals surface area contributed by atoms with Crippen LogP contribution in [-0.2, 0) is 35.0 Å². The topological polar surface area (TPSA) is 179 Å². The van der Waals surface area contributed by atoms with E-state index in [1.54, 1.807) is 30.7 Å². The first-order chi connectivity index (χ1) is 26.1. The molecule has 0 radical (unpaired) electrons. The Balaban J connectivity index is 1.67. The van der Waals surface area contributed by atoms with E-state index in [9.17, 15) is 24.0 Å². The third-order valence-electron chi connectivity index (χ3n) is 10.1. The fourth-order valence-electron chi connectivity index (χ4n) is 7.66. The van der Waals surface area contributed by atoms with Crippen LogP contribution in [-0.4, -0.2) is 106 Å². The van der Waals surface area contributed by atoms with Gasteiger partial charge in [0.2, 0.25) is 11.8 Å². The van der Waals surface area contributed by atoms with E-state index < -0.39 is 58.7 Å². The third-order valence-corrected chi connectivity index (χ3v) is 10.1. The molecule has 14 nitrogen and oxygen atoms in total. The van der Waals surface area contributed by atoms with Gasteiger partial charge in [-0.1, -0.05) is 61.4 Å². The van der Waals surface area contributed by atoms with E-state index in [2.05, 4.69) is 29.8 Å². The van der Waals surface area contributed by atoms with Gasteiger partial charge in [-0.25, -0.2) is 14.4 Å². The molecule has 4 atom stereocenters. The normalized spacial score (nSPS) is 20.2. The van der Waals surface area contributed by atoms with Gasteiger partial charge in [0.15, 0.2) is 0 Å². The van der Waals surface area contributed by atoms with Crippen molar-refractivity contribution in [1.82, 2.24) is 25.9 Å². The van der Waals surface area contributed by atoms with Crippen LogP contribution in [0.2, 0.25) is 0 Å². The largest absolute Gasteiger partial charge is 0.467 e. The van der Waals surface area contributed by atoms with Crippen LogP contribution in [0.1, 0.15) is 113 Å². The summed E-state index contributed by atoms with van der Waals surface area (Å²) in [6, 6.07) is 7.48. The Labute approximate surface area is 333 Å². The van der Waals surface area contributed by atoms with Gasteiger partial charge < -0.3 is 40.3 Å². The van der Waals surface area contributed by atoms with Crippen molar-refractivity contribution < 1.29 is 43.4 Å². The van der Waals surface area contributed by atoms with E-state index >= 15 is 0 Å². The van der Waals surface area contributed by atoms with Crippen molar-refractivity contribution in [3.8, 4) is 0 Å². The van der Waals surface area contributed by atoms with Gasteiger partial charge in [-0.15, -0.1) is 0 Å². The molecule has 14 heteroatoms. The lowest BCUT2D eigenvalue weighted by molar-refractivity contribution is -0.256. The summed E-state index contributed by atoms with van der Waals surface area (Å²) in [5, 5.41) is 18.5. The Morgan fingerprint density at radius 1 is 0.964 bits per heavy atom. The minimum absolute atomic E-state index is 0.192. The molecular formula is C42H68N5O9+. The average Bonchev–Trinajstić information content (AvgIpc) is 3.59. The van der Waals surface area contributed by atoms with Gasteiger partial charge in [-0.2, -0.15) is 0 Å². The summed E-state index contributed by atoms with van der Waals surface area (Å²) in [6.45, 7) is 17.9. The quantitative estimate of drug-likeness (QED) is 0.0672. The Kier molecular flexibility index (Phi) is 16.8. The van der Waals surface area contributed by atoms with Crippen LogP contribution in [0.3, 0.4) is 0 Å². The molecule has 2 aliphatic rings. The molecule has 2 fully saturated rings. The van der Waals surface area contributed by atoms with Crippen LogP contribution < -0.4 is 16.0 Å². The van der Waals surface area contributed by atoms with Crippen molar-refractivity contribution in [3.05, 3.63) is 48.0 Å². The van der Waals surface area contributed by atoms with Crippen LogP contribution in [0.4, 0.5) is 9.59 Å². The number of hydrogen-bond donors (Lipinski definition) is 3. The molecule has 5 N–H and O–H groups in total. The number of esters is 1. The van der Waals surface area contributed by atoms with Gasteiger partial charge in [-0.05, 0) is 98.5 Å². The number of ether oxygens (including phenoxy) is 3. The number of methoxy groups -OCH3 is 1. The van der Waals surface area contributed by atoms with E-state index in [4.69, 9.17) is 19.4 Å². The number of carbonyl (C=O) groups is 5. The Hall–Kier alpha value is -4.17. The zero-order chi connectivity index (χ0) is 41.8. The molecule has 2 saturated heterocycles. The maximum atomic E-state index is 14.3. The van der Waals surface area contributed by atoms with Gasteiger partial charge in [0, 0.05) is 25.9 Å². The smallest absolute Gasteiger partial charge is 0.408 e. The minimum Gasteiger partial charge on any atom is -0.467 e. The van der Waals surface area contributed by atoms with Gasteiger partial charge in [-0.3, -0.25) is 9.59 Å². The van der Waals surface area contributed by atoms with Gasteiger partial charge in [0.25, 0.3) is 0 Å². The highest BCUT2D eigenvalue weighted by molar-refractivity contribution is 5.92. The second-order valence-corrected chi connectivity index (χ2v) is 17.8. The van der Waals surface area contributed by atoms with Crippen LogP contribution in [0.5, 0.6) is 0 Å². The number of likely N-dealkylation sites (tertiary alicyclic amines) is 1. The number of hydrogen-bond acceptors (Lipinski definition) is 9. The molecule has 1 unspecified atom stereocenters. The second-order valence-electron chi connectivity index (χ2n) is 17.8. The maximum absolute atomic E-state index is 14.3. The van der Waals surface area contributed by atoms with Crippen molar-refractivity contribution in [3.63, 3.8) is 0 Å². The predicted octanol–water partition coefficient (Wildman–Crippen LogP) is 5.16. The molecule has 0 aromatic heterocycles. The Morgan fingerprint density at radius 3 is 2.20 bits per heavy atom. The second kappa shape index (κ2) is 20.3. The molecule has 0 saturated carbocycles. The Morgan fingerprint density at radius 2 is 1.61 bits per heavy atom. The summed E-state index contributed by atoms with van der Waals surface area (Å²) in [4.78, 5) is 67.9. The first kappa shape index (κ1) is 46.2. The van der Waals surface area contributed by atoms with Gasteiger partial charge in [0.1, 0.15) is 23.8 Å². The molecule has 0 spiro atoms. The highest BCUT2D eigenvalue weighted by atomic mass is 16.6. The molecule has 3 rings (SSSR count). The summed E-state index contributed by atoms with van der Waals surface area (Å²) in [5.74, 6) is -1.67. The van der Waals surface area contributed by atoms with Crippen molar-refractivity contribution >= 4 is 30.0 Å². The fourth-order valence-corrected chi connectivity index (χ4v) is 7.66. The fraction of sp³-hybridized carbons (Fsp3) is 0.690. The maximum Gasteiger partial charge on any atom is 0.408 e. The van der Waals surface area contributed by atoms with E-state index in [1.165, 1.54) is 7.11 Å². The summed E-state index contributed by atoms with van der Waals surface area (Å²) >= 11 is 0. The summed E-state index contributed by atoms with van der Waals surface area (Å²) in [5.41, 5.74) is -0.642. The molecule has 2 aliphatic heterocycles. The Bertz CT molecular complexity index is 1490. The zero-order valence-corrected chi connectivity index (χ0v) is 35.2. The number of carbonyl (C=O) groups excluding carboxylic acids is 5. The highest BCUT2D eigenvalue weighted by Crippen LogP contribution is 2.38. The number of nitrogens with one attached hydrogen (secondary N) is 3. The average molecular weight is 787 g/mol. The summed E-state index contributed by atoms with van der Waals surface area (Å²) in [7, 11) is 1.25. The standard InChI is InChI=1S/C42H67N5O9/c1-28(2)24-31(44-39(52)56-40(3,4)5)21-20-30(25-29-16-12-11-13-17-29)36(49)46-23-15-19-34(46)35(48)45-33(37(50)54-10)18-14-22-43-38(51)55-32-26-41(6,7)47(53)42(8,9)27-32/h11-13,16-17,20-21,28,30-34,53H,14-15,18-19,22-27H2,1-10H3,(H,43,51)(H,44,52)(H,45,48)/p+1/b21-20+/t30-,31-,33+,34?/m1/s1. The number of amides is 4. The van der Waals surface area contributed by atoms with Crippen LogP contribution >= 0.6 is 0 Å². The van der Waals surface area contributed by atoms with Gasteiger partial charge >= 0.3 is 18.2 Å². The van der Waals surface area contributed by atoms with E-state index in [0.717, 1.165) is 5.56 Å². The molecule has 1 aromatic rings. The zero-order valence-electron chi connectivity index (χ0n) is 35.2. The lowest BCUT2D eigenvalue weighted by Gasteiger charge is -2.47. The molecule has 0 aliphatic carbocycles. The number of benzene rings is 1. The molecule has 314 valence electrons. The van der Waals surface area contributed by atoms with E-state index in [-0.39, 0.29) is 36.9 Å². The summed E-state index contributed by atoms with van der Waals surface area (Å²) < 4.78 is 16.2. The SMILES string of the molecule is COC(=O)[C@H](CCCNC(=O)OC1CC(C)(C)N([OH2+])C(C)(C)C1)NC(=O)C1CCCN1C(=O)[C@H](/C=C/[C@H](CC(C)C)NC(=O)OC(C)(C)C)Cc1ccccc1. The predicted molar refractivity (Wildman–Crippen MR) is 214 cm³/mol. The van der Waals surface area contributed by atoms with Crippen LogP contribution in [0, 0.1) is 11.8 Å². The molecule has 2 heterocycles. The van der Waals surface area contributed by atoms with Crippen molar-refractivity contribution in [2.24, 2.45) is 11.8 Å². The van der Waals surface area contributed by atoms with Crippen molar-refractivity contribution in [2.45, 2.75) is 155 Å². The van der Waals surface area contributed by atoms with Crippen LogP contribution in [0.25, 0.3) is 0 Å². The molecule has 56 heavy (non-hydrogen) atoms. The first-order valence-electron chi connectivity index (χ1n) is 20.0. The minimum atomic E-state index is -0.985. The summed E-state index contributed by atoms with van der Waals surface area (Å²) in [6.07, 6.45) is 5.87. The first-order valence-corrected chi connectivity index (χ1v) is 20.0. The number of nitrogens with zero attached hydrogens (tertiary/aromatic N) is 2. The lowest BCUT2D eigenvalue weighted by atomic mass is 9.80. The van der Waals surface area contributed by atoms with Gasteiger partial charge in [0.05, 0.1) is 30.1 Å². The molecule has 1 aromatic carbocycles. The number of alkyl carbamates (subject to hydrolysis) is 2. The highest BCUT2D eigenvalue weighted by Gasteiger charge is 2.49. The van der Waals surface area contributed by atoms with Crippen LogP contribution in [0.15, 0.2) is 42.5 Å².